The zero-order valence-corrected chi connectivity index (χ0v) is 20.5. The Hall–Kier alpha value is -3.87. The summed E-state index contributed by atoms with van der Waals surface area (Å²) in [5, 5.41) is 0.890. The van der Waals surface area contributed by atoms with Gasteiger partial charge in [-0.2, -0.15) is 0 Å². The van der Waals surface area contributed by atoms with Crippen LogP contribution < -0.4 is 10.5 Å². The highest BCUT2D eigenvalue weighted by molar-refractivity contribution is 6.36. The van der Waals surface area contributed by atoms with E-state index in [9.17, 15) is 9.59 Å². The lowest BCUT2D eigenvalue weighted by molar-refractivity contribution is -0.113. The fourth-order valence-electron chi connectivity index (χ4n) is 4.08. The summed E-state index contributed by atoms with van der Waals surface area (Å²) in [7, 11) is 1.79. The number of para-hydroxylation sites is 1. The van der Waals surface area contributed by atoms with Crippen molar-refractivity contribution < 1.29 is 4.79 Å². The van der Waals surface area contributed by atoms with Crippen molar-refractivity contribution in [3.05, 3.63) is 122 Å². The van der Waals surface area contributed by atoms with Crippen LogP contribution in [0.15, 0.2) is 94.3 Å². The van der Waals surface area contributed by atoms with Gasteiger partial charge in [0.05, 0.1) is 11.4 Å². The molecule has 0 radical (unpaired) electrons. The maximum Gasteiger partial charge on any atom is 0.296 e. The molecule has 0 bridgehead atoms. The van der Waals surface area contributed by atoms with Gasteiger partial charge in [0.1, 0.15) is 17.2 Å². The molecular weight excluding hydrogens is 483 g/mol. The Morgan fingerprint density at radius 1 is 0.886 bits per heavy atom. The van der Waals surface area contributed by atoms with Gasteiger partial charge in [-0.15, -0.1) is 0 Å². The molecule has 174 valence electrons. The van der Waals surface area contributed by atoms with Gasteiger partial charge in [-0.3, -0.25) is 19.2 Å². The Labute approximate surface area is 211 Å². The van der Waals surface area contributed by atoms with Crippen molar-refractivity contribution in [2.24, 2.45) is 12.0 Å². The molecule has 6 nitrogen and oxygen atoms in total. The minimum absolute atomic E-state index is 0.169. The first-order valence-corrected chi connectivity index (χ1v) is 11.6. The van der Waals surface area contributed by atoms with Crippen molar-refractivity contribution in [1.82, 2.24) is 9.36 Å². The monoisotopic (exact) mass is 502 g/mol. The Morgan fingerprint density at radius 2 is 1.54 bits per heavy atom. The molecule has 3 aromatic carbocycles. The van der Waals surface area contributed by atoms with E-state index in [0.717, 1.165) is 0 Å². The van der Waals surface area contributed by atoms with Crippen LogP contribution in [0.3, 0.4) is 0 Å². The van der Waals surface area contributed by atoms with Gasteiger partial charge in [0, 0.05) is 22.7 Å². The zero-order chi connectivity index (χ0) is 24.7. The number of carbonyl (C=O) groups excluding carboxylic acids is 1. The molecule has 0 atom stereocenters. The maximum absolute atomic E-state index is 13.8. The first-order chi connectivity index (χ1) is 16.9. The van der Waals surface area contributed by atoms with Gasteiger partial charge in [0.2, 0.25) is 0 Å². The van der Waals surface area contributed by atoms with E-state index in [1.54, 1.807) is 40.7 Å². The van der Waals surface area contributed by atoms with E-state index in [-0.39, 0.29) is 16.9 Å². The van der Waals surface area contributed by atoms with E-state index in [1.807, 2.05) is 67.6 Å². The van der Waals surface area contributed by atoms with Crippen molar-refractivity contribution in [1.29, 1.82) is 0 Å². The molecule has 4 aromatic rings. The minimum atomic E-state index is -0.416. The lowest BCUT2D eigenvalue weighted by Crippen LogP contribution is -2.36. The zero-order valence-electron chi connectivity index (χ0n) is 18.9. The van der Waals surface area contributed by atoms with Gasteiger partial charge < -0.3 is 0 Å². The number of halogens is 2. The first-order valence-electron chi connectivity index (χ1n) is 10.9. The molecule has 0 aliphatic carbocycles. The van der Waals surface area contributed by atoms with Gasteiger partial charge in [0.25, 0.3) is 11.5 Å². The topological polar surface area (TPSA) is 59.6 Å². The second-order valence-electron chi connectivity index (χ2n) is 8.05. The third-order valence-electron chi connectivity index (χ3n) is 5.89. The van der Waals surface area contributed by atoms with Crippen LogP contribution in [0.2, 0.25) is 10.0 Å². The molecule has 0 fully saturated rings. The normalized spacial score (nSPS) is 14.6. The van der Waals surface area contributed by atoms with Crippen LogP contribution in [0.25, 0.3) is 11.8 Å². The summed E-state index contributed by atoms with van der Waals surface area (Å²) >= 11 is 12.4. The van der Waals surface area contributed by atoms with Gasteiger partial charge in [0.15, 0.2) is 0 Å². The summed E-state index contributed by atoms with van der Waals surface area (Å²) in [6.45, 7) is 1.81. The highest BCUT2D eigenvalue weighted by atomic mass is 35.5. The standard InChI is InChI=1S/C27H20Cl2N4O2/c1-17-24(27(35)33(31(17)2)21-11-7-4-8-12-21)32-25(18-9-5-3-6-10-18)30-23(26(32)34)15-19-13-14-20(28)16-22(19)29/h3-16H,1-2H3/b23-15+. The van der Waals surface area contributed by atoms with Crippen LogP contribution in [-0.4, -0.2) is 21.1 Å². The summed E-state index contributed by atoms with van der Waals surface area (Å²) in [5.74, 6) is -0.0428. The fourth-order valence-corrected chi connectivity index (χ4v) is 4.55. The maximum atomic E-state index is 13.8. The molecule has 1 aliphatic heterocycles. The summed E-state index contributed by atoms with van der Waals surface area (Å²) in [6.07, 6.45) is 1.61. The van der Waals surface area contributed by atoms with Gasteiger partial charge in [-0.05, 0) is 42.8 Å². The second kappa shape index (κ2) is 9.06. The number of hydrogen-bond donors (Lipinski definition) is 0. The number of carbonyl (C=O) groups is 1. The summed E-state index contributed by atoms with van der Waals surface area (Å²) in [4.78, 5) is 33.5. The summed E-state index contributed by atoms with van der Waals surface area (Å²) < 4.78 is 3.28. The quantitative estimate of drug-likeness (QED) is 0.339. The lowest BCUT2D eigenvalue weighted by atomic mass is 10.1. The highest BCUT2D eigenvalue weighted by Crippen LogP contribution is 2.30. The van der Waals surface area contributed by atoms with E-state index in [1.165, 1.54) is 4.90 Å². The number of nitrogens with zero attached hydrogens (tertiary/aromatic N) is 4. The first kappa shape index (κ1) is 22.9. The molecule has 0 saturated heterocycles. The van der Waals surface area contributed by atoms with Crippen LogP contribution in [0.1, 0.15) is 16.8 Å². The van der Waals surface area contributed by atoms with Crippen molar-refractivity contribution in [3.8, 4) is 5.69 Å². The average Bonchev–Trinajstić information content (AvgIpc) is 3.28. The molecule has 0 spiro atoms. The van der Waals surface area contributed by atoms with Crippen molar-refractivity contribution in [2.45, 2.75) is 6.92 Å². The number of aliphatic imine (C=N–C) groups is 1. The van der Waals surface area contributed by atoms with E-state index >= 15 is 0 Å². The molecule has 8 heteroatoms. The molecular formula is C27H20Cl2N4O2. The number of hydrogen-bond acceptors (Lipinski definition) is 3. The predicted molar refractivity (Wildman–Crippen MR) is 141 cm³/mol. The van der Waals surface area contributed by atoms with Crippen LogP contribution in [0, 0.1) is 6.92 Å². The average molecular weight is 503 g/mol. The largest absolute Gasteiger partial charge is 0.296 e. The number of anilines is 1. The molecule has 0 unspecified atom stereocenters. The molecule has 35 heavy (non-hydrogen) atoms. The minimum Gasteiger partial charge on any atom is -0.283 e. The molecule has 1 amide bonds. The van der Waals surface area contributed by atoms with Crippen molar-refractivity contribution in [2.75, 3.05) is 4.90 Å². The molecule has 1 aliphatic rings. The van der Waals surface area contributed by atoms with Crippen LogP contribution in [-0.2, 0) is 11.8 Å². The summed E-state index contributed by atoms with van der Waals surface area (Å²) in [6, 6.07) is 23.6. The Morgan fingerprint density at radius 3 is 2.20 bits per heavy atom. The fraction of sp³-hybridized carbons (Fsp3) is 0.0741. The van der Waals surface area contributed by atoms with Crippen molar-refractivity contribution in [3.63, 3.8) is 0 Å². The van der Waals surface area contributed by atoms with E-state index in [2.05, 4.69) is 4.99 Å². The van der Waals surface area contributed by atoms with Crippen LogP contribution >= 0.6 is 23.2 Å². The summed E-state index contributed by atoms with van der Waals surface area (Å²) in [5.41, 5.74) is 2.73. The number of rotatable bonds is 4. The molecule has 0 saturated carbocycles. The van der Waals surface area contributed by atoms with Gasteiger partial charge in [-0.25, -0.2) is 9.67 Å². The smallest absolute Gasteiger partial charge is 0.283 e. The molecule has 0 N–H and O–H groups in total. The third kappa shape index (κ3) is 4.01. The Kier molecular flexibility index (Phi) is 5.93. The highest BCUT2D eigenvalue weighted by Gasteiger charge is 2.37. The number of amidine groups is 1. The molecule has 5 rings (SSSR count). The van der Waals surface area contributed by atoms with E-state index in [0.29, 0.717) is 38.4 Å². The number of benzene rings is 3. The Bertz CT molecular complexity index is 1570. The lowest BCUT2D eigenvalue weighted by Gasteiger charge is -2.17. The number of amides is 1. The van der Waals surface area contributed by atoms with Crippen LogP contribution in [0.4, 0.5) is 5.69 Å². The van der Waals surface area contributed by atoms with E-state index < -0.39 is 5.91 Å². The second-order valence-corrected chi connectivity index (χ2v) is 8.89. The van der Waals surface area contributed by atoms with Gasteiger partial charge >= 0.3 is 0 Å². The van der Waals surface area contributed by atoms with Crippen molar-refractivity contribution >= 4 is 46.7 Å². The third-order valence-corrected chi connectivity index (χ3v) is 6.46. The van der Waals surface area contributed by atoms with E-state index in [4.69, 9.17) is 23.2 Å². The van der Waals surface area contributed by atoms with Gasteiger partial charge in [-0.1, -0.05) is 77.8 Å². The molecule has 1 aromatic heterocycles. The Balaban J connectivity index is 1.70. The van der Waals surface area contributed by atoms with Crippen LogP contribution in [0.5, 0.6) is 0 Å². The number of aromatic nitrogens is 2. The molecule has 2 heterocycles. The predicted octanol–water partition coefficient (Wildman–Crippen LogP) is 5.63. The SMILES string of the molecule is Cc1c(N2C(=O)/C(=C\c3ccc(Cl)cc3Cl)N=C2c2ccccc2)c(=O)n(-c2ccccc2)n1C.